The lowest BCUT2D eigenvalue weighted by Crippen LogP contribution is -3.00. The van der Waals surface area contributed by atoms with Crippen molar-refractivity contribution >= 4 is 22.5 Å². The number of pyridine rings is 1. The van der Waals surface area contributed by atoms with Gasteiger partial charge in [-0.2, -0.15) is 4.98 Å². The van der Waals surface area contributed by atoms with E-state index >= 15 is 0 Å². The second kappa shape index (κ2) is 19.0. The van der Waals surface area contributed by atoms with E-state index in [1.165, 1.54) is 5.56 Å². The Morgan fingerprint density at radius 3 is 1.95 bits per heavy atom. The average Bonchev–Trinajstić information content (AvgIpc) is 3.36. The normalized spacial score (nSPS) is 19.2. The molecule has 4 unspecified atom stereocenters. The van der Waals surface area contributed by atoms with E-state index in [1.807, 2.05) is 79.0 Å². The van der Waals surface area contributed by atoms with Gasteiger partial charge in [0, 0.05) is 58.2 Å². The van der Waals surface area contributed by atoms with Gasteiger partial charge < -0.3 is 35.7 Å². The molecule has 6 aromatic carbocycles. The molecule has 0 aliphatic carbocycles. The first kappa shape index (κ1) is 43.9. The molecule has 3 saturated heterocycles. The summed E-state index contributed by atoms with van der Waals surface area (Å²) < 4.78 is 20.6. The zero-order valence-electron chi connectivity index (χ0n) is 36.5. The lowest BCUT2D eigenvalue weighted by molar-refractivity contribution is -0.984. The smallest absolute Gasteiger partial charge is 0.227 e. The number of benzene rings is 6. The van der Waals surface area contributed by atoms with Crippen LogP contribution in [0.1, 0.15) is 30.1 Å². The fourth-order valence-electron chi connectivity index (χ4n) is 10.4. The van der Waals surface area contributed by atoms with E-state index in [2.05, 4.69) is 97.6 Å². The average molecular weight is 942 g/mol. The molecule has 2 bridgehead atoms. The largest absolute Gasteiger partial charge is 1.00 e. The van der Waals surface area contributed by atoms with Gasteiger partial charge in [0.25, 0.3) is 0 Å². The van der Waals surface area contributed by atoms with Crippen molar-refractivity contribution < 1.29 is 35.7 Å². The Morgan fingerprint density at radius 2 is 1.35 bits per heavy atom. The Morgan fingerprint density at radius 1 is 0.738 bits per heavy atom. The molecule has 0 spiro atoms. The van der Waals surface area contributed by atoms with Gasteiger partial charge in [-0.25, -0.2) is 4.98 Å². The molecule has 0 N–H and O–H groups in total. The molecule has 0 amide bonds. The second-order valence-corrected chi connectivity index (χ2v) is 17.4. The minimum Gasteiger partial charge on any atom is -1.00 e. The van der Waals surface area contributed by atoms with Crippen molar-refractivity contribution in [1.29, 1.82) is 0 Å². The number of aromatic nitrogens is 3. The second-order valence-electron chi connectivity index (χ2n) is 17.1. The van der Waals surface area contributed by atoms with E-state index in [-0.39, 0.29) is 23.0 Å². The number of hydrogen-bond acceptors (Lipinski definition) is 6. The standard InChI is InChI=1S/C56H50ClN4O3.BrH/c1-4-38-36-61(35-37-31-46(39-17-9-5-10-18-39)52(63-3)47(32-37)40-19-11-6-12-20-40)30-28-43(38)33-50(61)53(45-27-29-58-49-26-25-44(62-2)34-48(45)49)64-56-51(41-21-13-7-14-22-41)54(57)59-55(60-56)42-23-15-8-16-24-42;/h4-27,29,31-32,34,38,43,50,53H,1,28,30,33,35-36H2,2-3H3;1H/q+1;/p-1/t38?,43?,50?,53-,61?;/m0./s1. The highest BCUT2D eigenvalue weighted by Crippen LogP contribution is 2.51. The van der Waals surface area contributed by atoms with E-state index in [9.17, 15) is 0 Å². The molecule has 11 rings (SSSR count). The highest BCUT2D eigenvalue weighted by atomic mass is 79.9. The third-order valence-corrected chi connectivity index (χ3v) is 13.8. The SMILES string of the molecule is C=CC1C[N+]2(Cc3cc(-c4ccccc4)c(OC)c(-c4ccccc4)c3)CCC1CC2[C@@H](Oc1nc(-c2ccccc2)nc(Cl)c1-c1ccccc1)c1ccnc2ccc(OC)cc12.[Br-]. The Bertz CT molecular complexity index is 2880. The van der Waals surface area contributed by atoms with E-state index in [0.29, 0.717) is 34.3 Å². The van der Waals surface area contributed by atoms with Crippen LogP contribution < -0.4 is 31.2 Å². The lowest BCUT2D eigenvalue weighted by atomic mass is 9.71. The molecule has 9 heteroatoms. The molecule has 8 aromatic rings. The summed E-state index contributed by atoms with van der Waals surface area (Å²) in [6.45, 7) is 7.07. The molecule has 5 heterocycles. The number of nitrogens with zero attached hydrogens (tertiary/aromatic N) is 4. The highest BCUT2D eigenvalue weighted by molar-refractivity contribution is 6.32. The van der Waals surface area contributed by atoms with Crippen LogP contribution in [-0.2, 0) is 6.54 Å². The van der Waals surface area contributed by atoms with Gasteiger partial charge in [0.15, 0.2) is 11.9 Å². The first-order valence-corrected chi connectivity index (χ1v) is 22.4. The fourth-order valence-corrected chi connectivity index (χ4v) is 10.7. The highest BCUT2D eigenvalue weighted by Gasteiger charge is 2.55. The third kappa shape index (κ3) is 8.54. The van der Waals surface area contributed by atoms with Crippen molar-refractivity contribution in [2.24, 2.45) is 11.8 Å². The molecule has 3 aliphatic heterocycles. The molecular formula is C56H50BrClN4O3. The summed E-state index contributed by atoms with van der Waals surface area (Å²) in [5, 5.41) is 1.30. The van der Waals surface area contributed by atoms with E-state index in [0.717, 1.165) is 98.3 Å². The van der Waals surface area contributed by atoms with Gasteiger partial charge in [0.05, 0.1) is 38.4 Å². The molecule has 7 nitrogen and oxygen atoms in total. The van der Waals surface area contributed by atoms with Crippen molar-refractivity contribution in [1.82, 2.24) is 15.0 Å². The lowest BCUT2D eigenvalue weighted by Gasteiger charge is -2.58. The first-order chi connectivity index (χ1) is 31.4. The zero-order valence-corrected chi connectivity index (χ0v) is 38.8. The number of methoxy groups -OCH3 is 2. The van der Waals surface area contributed by atoms with Gasteiger partial charge in [-0.3, -0.25) is 4.98 Å². The molecule has 326 valence electrons. The van der Waals surface area contributed by atoms with Crippen molar-refractivity contribution in [2.75, 3.05) is 27.3 Å². The van der Waals surface area contributed by atoms with Crippen LogP contribution in [-0.4, -0.2) is 52.8 Å². The van der Waals surface area contributed by atoms with Crippen molar-refractivity contribution in [3.8, 4) is 62.1 Å². The number of fused-ring (bicyclic) bond motifs is 4. The third-order valence-electron chi connectivity index (χ3n) is 13.5. The number of quaternary nitrogens is 1. The molecule has 3 fully saturated rings. The van der Waals surface area contributed by atoms with Crippen LogP contribution in [0.3, 0.4) is 0 Å². The monoisotopic (exact) mass is 940 g/mol. The maximum absolute atomic E-state index is 7.69. The van der Waals surface area contributed by atoms with Crippen LogP contribution in [0.15, 0.2) is 177 Å². The summed E-state index contributed by atoms with van der Waals surface area (Å²) in [7, 11) is 3.48. The van der Waals surface area contributed by atoms with Crippen LogP contribution in [0.25, 0.3) is 55.7 Å². The van der Waals surface area contributed by atoms with Crippen LogP contribution in [0.5, 0.6) is 17.4 Å². The molecular weight excluding hydrogens is 892 g/mol. The number of halogens is 2. The fraction of sp³-hybridized carbons (Fsp3) is 0.196. The van der Waals surface area contributed by atoms with Crippen LogP contribution in [0, 0.1) is 11.8 Å². The van der Waals surface area contributed by atoms with Gasteiger partial charge in [-0.05, 0) is 59.0 Å². The number of hydrogen-bond donors (Lipinski definition) is 0. The summed E-state index contributed by atoms with van der Waals surface area (Å²) in [5.41, 5.74) is 9.86. The predicted octanol–water partition coefficient (Wildman–Crippen LogP) is 10.1. The topological polar surface area (TPSA) is 66.4 Å². The van der Waals surface area contributed by atoms with Crippen molar-refractivity contribution in [3.05, 3.63) is 193 Å². The van der Waals surface area contributed by atoms with Crippen molar-refractivity contribution in [2.45, 2.75) is 31.5 Å². The molecule has 0 radical (unpaired) electrons. The van der Waals surface area contributed by atoms with E-state index in [1.54, 1.807) is 14.2 Å². The Kier molecular flexibility index (Phi) is 12.9. The minimum absolute atomic E-state index is 0. The molecule has 0 saturated carbocycles. The van der Waals surface area contributed by atoms with E-state index in [4.69, 9.17) is 40.8 Å². The number of rotatable bonds is 13. The number of ether oxygens (including phenoxy) is 3. The van der Waals surface area contributed by atoms with Crippen LogP contribution in [0.4, 0.5) is 0 Å². The molecule has 5 atom stereocenters. The van der Waals surface area contributed by atoms with Gasteiger partial charge in [0.1, 0.15) is 29.2 Å². The Balaban J connectivity index is 0.00000533. The quantitative estimate of drug-likeness (QED) is 0.0652. The molecule has 3 aliphatic rings. The summed E-state index contributed by atoms with van der Waals surface area (Å²) in [6.07, 6.45) is 5.62. The summed E-state index contributed by atoms with van der Waals surface area (Å²) in [5.74, 6) is 3.34. The van der Waals surface area contributed by atoms with Crippen molar-refractivity contribution in [3.63, 3.8) is 0 Å². The Hall–Kier alpha value is -6.32. The minimum atomic E-state index is -0.483. The number of piperidine rings is 3. The first-order valence-electron chi connectivity index (χ1n) is 22.0. The van der Waals surface area contributed by atoms with Gasteiger partial charge in [-0.1, -0.05) is 139 Å². The van der Waals surface area contributed by atoms with E-state index < -0.39 is 6.10 Å². The molecule has 2 aromatic heterocycles. The maximum Gasteiger partial charge on any atom is 0.227 e. The van der Waals surface area contributed by atoms with Crippen LogP contribution >= 0.6 is 11.6 Å². The predicted molar refractivity (Wildman–Crippen MR) is 257 cm³/mol. The Labute approximate surface area is 396 Å². The maximum atomic E-state index is 7.69. The summed E-state index contributed by atoms with van der Waals surface area (Å²) in [6, 6.07) is 54.1. The summed E-state index contributed by atoms with van der Waals surface area (Å²) >= 11 is 7.28. The van der Waals surface area contributed by atoms with Gasteiger partial charge in [0.2, 0.25) is 5.88 Å². The zero-order chi connectivity index (χ0) is 43.6. The summed E-state index contributed by atoms with van der Waals surface area (Å²) in [4.78, 5) is 15.0. The van der Waals surface area contributed by atoms with Crippen LogP contribution in [0.2, 0.25) is 5.15 Å². The van der Waals surface area contributed by atoms with Gasteiger partial charge in [-0.15, -0.1) is 6.58 Å². The molecule has 65 heavy (non-hydrogen) atoms. The van der Waals surface area contributed by atoms with Gasteiger partial charge >= 0.3 is 0 Å².